The van der Waals surface area contributed by atoms with Gasteiger partial charge in [-0.3, -0.25) is 0 Å². The molecule has 0 aromatic carbocycles. The van der Waals surface area contributed by atoms with Gasteiger partial charge in [-0.2, -0.15) is 0 Å². The van der Waals surface area contributed by atoms with E-state index in [1.54, 1.807) is 0 Å². The summed E-state index contributed by atoms with van der Waals surface area (Å²) in [6.45, 7) is 2.57. The van der Waals surface area contributed by atoms with Crippen LogP contribution in [-0.4, -0.2) is 15.4 Å². The first-order valence-electron chi connectivity index (χ1n) is 6.50. The van der Waals surface area contributed by atoms with Crippen molar-refractivity contribution in [2.45, 2.75) is 71.1 Å². The first kappa shape index (κ1) is 20.0. The van der Waals surface area contributed by atoms with Crippen LogP contribution < -0.4 is 18.9 Å². The Balaban J connectivity index is -0.00000112. The molecule has 0 bridgehead atoms. The number of hydrogen-bond acceptors (Lipinski definition) is 3. The summed E-state index contributed by atoms with van der Waals surface area (Å²) in [5.41, 5.74) is 0. The molecule has 0 N–H and O–H groups in total. The van der Waals surface area contributed by atoms with Crippen molar-refractivity contribution in [1.82, 2.24) is 0 Å². The van der Waals surface area contributed by atoms with E-state index in [2.05, 4.69) is 11.1 Å². The molecule has 0 saturated carbocycles. The second-order valence-corrected chi connectivity index (χ2v) is 4.85. The third-order valence-corrected chi connectivity index (χ3v) is 3.04. The smallest absolute Gasteiger partial charge is 1.00 e. The van der Waals surface area contributed by atoms with Crippen molar-refractivity contribution in [3.63, 3.8) is 0 Å². The van der Waals surface area contributed by atoms with Crippen LogP contribution in [0.3, 0.4) is 0 Å². The summed E-state index contributed by atoms with van der Waals surface area (Å²) in [6, 6.07) is 0. The predicted molar refractivity (Wildman–Crippen MR) is 67.8 cm³/mol. The summed E-state index contributed by atoms with van der Waals surface area (Å²) in [4.78, 5) is 0. The monoisotopic (exact) mass is 257 g/mol. The van der Waals surface area contributed by atoms with Gasteiger partial charge < -0.3 is 10.2 Å². The molecule has 0 aliphatic rings. The first-order chi connectivity index (χ1) is 7.77. The topological polar surface area (TPSA) is 49.4 Å². The number of hydrogen-bond donors (Lipinski definition) is 0. The Labute approximate surface area is 122 Å². The van der Waals surface area contributed by atoms with Crippen molar-refractivity contribution in [2.24, 2.45) is 0 Å². The summed E-state index contributed by atoms with van der Waals surface area (Å²) in [5.74, 6) is 0. The minimum atomic E-state index is -2.33. The fraction of sp³-hybridized carbons (Fsp3) is 1.00. The van der Waals surface area contributed by atoms with Crippen LogP contribution in [0.4, 0.5) is 0 Å². The molecule has 3 nitrogen and oxygen atoms in total. The molecule has 0 saturated heterocycles. The Hall–Kier alpha value is 0.667. The van der Waals surface area contributed by atoms with Gasteiger partial charge in [0.2, 0.25) is 0 Å². The molecular weight excluding hydrogens is 231 g/mol. The van der Waals surface area contributed by atoms with E-state index in [4.69, 9.17) is 0 Å². The number of rotatable bonds is 12. The third kappa shape index (κ3) is 19.2. The Kier molecular flexibility index (Phi) is 19.6. The fourth-order valence-corrected chi connectivity index (χ4v) is 1.97. The van der Waals surface area contributed by atoms with Crippen LogP contribution >= 0.6 is 0 Å². The Bertz CT molecular complexity index is 173. The average molecular weight is 257 g/mol. The van der Waals surface area contributed by atoms with Gasteiger partial charge in [0, 0.05) is 0 Å². The normalized spacial score (nSPS) is 12.1. The van der Waals surface area contributed by atoms with Crippen LogP contribution in [0.5, 0.6) is 0 Å². The van der Waals surface area contributed by atoms with Gasteiger partial charge in [-0.05, 0) is 6.42 Å². The van der Waals surface area contributed by atoms with Crippen molar-refractivity contribution in [1.29, 1.82) is 0 Å². The van der Waals surface area contributed by atoms with E-state index < -0.39 is 11.4 Å². The molecule has 1 atom stereocenters. The molecule has 0 fully saturated rings. The minimum Gasteiger partial charge on any atom is -1.00 e. The van der Waals surface area contributed by atoms with Crippen LogP contribution in [0.2, 0.25) is 0 Å². The van der Waals surface area contributed by atoms with Crippen molar-refractivity contribution in [3.05, 3.63) is 0 Å². The summed E-state index contributed by atoms with van der Waals surface area (Å²) in [5, 5.41) is 0. The second-order valence-electron chi connectivity index (χ2n) is 4.21. The second kappa shape index (κ2) is 16.7. The summed E-state index contributed by atoms with van der Waals surface area (Å²) >= 11 is -2.33. The molecule has 0 aliphatic carbocycles. The van der Waals surface area contributed by atoms with Crippen LogP contribution in [-0.2, 0) is 15.5 Å². The number of unbranched alkanes of at least 4 members (excludes halogenated alkanes) is 9. The van der Waals surface area contributed by atoms with Gasteiger partial charge in [0.1, 0.15) is 0 Å². The van der Waals surface area contributed by atoms with Crippen LogP contribution in [0.25, 0.3) is 0 Å². The van der Waals surface area contributed by atoms with E-state index in [-0.39, 0.29) is 20.3 Å². The van der Waals surface area contributed by atoms with Gasteiger partial charge in [0.15, 0.2) is 0 Å². The molecule has 0 heterocycles. The maximum Gasteiger partial charge on any atom is 1.00 e. The zero-order valence-electron chi connectivity index (χ0n) is 12.4. The molecule has 0 aromatic rings. The maximum atomic E-state index is 10.0. The SMILES string of the molecule is CCCCCCCCCCCCOS(=O)[O-].[H-].[Li+]. The molecule has 0 radical (unpaired) electrons. The van der Waals surface area contributed by atoms with E-state index >= 15 is 0 Å². The molecule has 0 spiro atoms. The van der Waals surface area contributed by atoms with Crippen molar-refractivity contribution in [3.8, 4) is 0 Å². The Morgan fingerprint density at radius 3 is 1.76 bits per heavy atom. The molecule has 100 valence electrons. The zero-order valence-corrected chi connectivity index (χ0v) is 12.2. The molecule has 5 heteroatoms. The van der Waals surface area contributed by atoms with Gasteiger partial charge >= 0.3 is 18.9 Å². The predicted octanol–water partition coefficient (Wildman–Crippen LogP) is 0.835. The van der Waals surface area contributed by atoms with E-state index in [1.807, 2.05) is 0 Å². The largest absolute Gasteiger partial charge is 1.00 e. The summed E-state index contributed by atoms with van der Waals surface area (Å²) in [6.07, 6.45) is 12.5. The minimum absolute atomic E-state index is 0. The standard InChI is InChI=1S/C12H26O3S.Li.H/c1-2-3-4-5-6-7-8-9-10-11-12-15-16(13)14;;/h2-12H2,1H3,(H,13,14);;/q;+1;-1/p-1. The summed E-state index contributed by atoms with van der Waals surface area (Å²) < 4.78 is 24.5. The summed E-state index contributed by atoms with van der Waals surface area (Å²) in [7, 11) is 0. The first-order valence-corrected chi connectivity index (χ1v) is 7.50. The van der Waals surface area contributed by atoms with Crippen LogP contribution in [0.15, 0.2) is 0 Å². The maximum absolute atomic E-state index is 10.0. The quantitative estimate of drug-likeness (QED) is 0.296. The molecule has 17 heavy (non-hydrogen) atoms. The fourth-order valence-electron chi connectivity index (χ4n) is 1.72. The molecule has 0 aromatic heterocycles. The van der Waals surface area contributed by atoms with E-state index in [0.717, 1.165) is 12.8 Å². The van der Waals surface area contributed by atoms with Crippen molar-refractivity contribution in [2.75, 3.05) is 6.61 Å². The van der Waals surface area contributed by atoms with E-state index in [0.29, 0.717) is 6.61 Å². The zero-order chi connectivity index (χ0) is 12.1. The van der Waals surface area contributed by atoms with Crippen molar-refractivity contribution >= 4 is 11.4 Å². The van der Waals surface area contributed by atoms with Crippen LogP contribution in [0, 0.1) is 0 Å². The molecular formula is C12H26LiO3S-. The van der Waals surface area contributed by atoms with Gasteiger partial charge in [0.25, 0.3) is 0 Å². The molecule has 0 aliphatic heterocycles. The van der Waals surface area contributed by atoms with E-state index in [9.17, 15) is 8.76 Å². The average Bonchev–Trinajstić information content (AvgIpc) is 2.25. The van der Waals surface area contributed by atoms with Crippen molar-refractivity contribution < 1.29 is 33.2 Å². The Morgan fingerprint density at radius 1 is 0.941 bits per heavy atom. The third-order valence-electron chi connectivity index (χ3n) is 2.68. The van der Waals surface area contributed by atoms with Gasteiger partial charge in [0.05, 0.1) is 18.0 Å². The van der Waals surface area contributed by atoms with Gasteiger partial charge in [-0.15, -0.1) is 0 Å². The van der Waals surface area contributed by atoms with E-state index in [1.165, 1.54) is 51.4 Å². The van der Waals surface area contributed by atoms with Gasteiger partial charge in [-0.25, -0.2) is 4.21 Å². The Morgan fingerprint density at radius 2 is 1.35 bits per heavy atom. The molecule has 1 unspecified atom stereocenters. The molecule has 0 amide bonds. The van der Waals surface area contributed by atoms with Gasteiger partial charge in [-0.1, -0.05) is 64.7 Å². The molecule has 0 rings (SSSR count). The van der Waals surface area contributed by atoms with Crippen LogP contribution in [0.1, 0.15) is 72.6 Å².